The van der Waals surface area contributed by atoms with Crippen LogP contribution in [0.15, 0.2) is 77.7 Å². The van der Waals surface area contributed by atoms with Crippen LogP contribution in [-0.2, 0) is 4.79 Å². The van der Waals surface area contributed by atoms with Crippen molar-refractivity contribution in [3.63, 3.8) is 0 Å². The first-order chi connectivity index (χ1) is 14.9. The summed E-state index contributed by atoms with van der Waals surface area (Å²) in [5.41, 5.74) is 2.82. The number of hydrogen-bond acceptors (Lipinski definition) is 4. The molecule has 0 unspecified atom stereocenters. The van der Waals surface area contributed by atoms with Gasteiger partial charge in [-0.15, -0.1) is 11.8 Å². The van der Waals surface area contributed by atoms with Crippen LogP contribution in [0.1, 0.15) is 17.3 Å². The van der Waals surface area contributed by atoms with Crippen LogP contribution in [0.25, 0.3) is 0 Å². The molecule has 3 aromatic rings. The molecule has 0 fully saturated rings. The number of carbonyl (C=O) groups is 2. The molecule has 158 valence electrons. The summed E-state index contributed by atoms with van der Waals surface area (Å²) in [4.78, 5) is 24.5. The van der Waals surface area contributed by atoms with Gasteiger partial charge in [0.1, 0.15) is 0 Å². The lowest BCUT2D eigenvalue weighted by Crippen LogP contribution is -2.19. The fourth-order valence-electron chi connectivity index (χ4n) is 2.64. The number of carbonyl (C=O) groups excluding carboxylic acids is 2. The largest absolute Gasteiger partial charge is 0.332 e. The first-order valence-corrected chi connectivity index (χ1v) is 11.1. The Bertz CT molecular complexity index is 1100. The second-order valence-corrected chi connectivity index (χ2v) is 8.42. The van der Waals surface area contributed by atoms with Gasteiger partial charge in [0, 0.05) is 21.8 Å². The monoisotopic (exact) mass is 469 g/mol. The summed E-state index contributed by atoms with van der Waals surface area (Å²) < 4.78 is 0. The van der Waals surface area contributed by atoms with Gasteiger partial charge in [0.2, 0.25) is 5.91 Å². The van der Waals surface area contributed by atoms with E-state index in [-0.39, 0.29) is 17.4 Å². The lowest BCUT2D eigenvalue weighted by atomic mass is 10.1. The van der Waals surface area contributed by atoms with Gasteiger partial charge in [-0.1, -0.05) is 29.8 Å². The Hall–Kier alpha value is -2.87. The second-order valence-electron chi connectivity index (χ2n) is 6.56. The van der Waals surface area contributed by atoms with Gasteiger partial charge >= 0.3 is 0 Å². The van der Waals surface area contributed by atoms with Crippen molar-refractivity contribution in [1.29, 1.82) is 0 Å². The van der Waals surface area contributed by atoms with E-state index in [0.29, 0.717) is 21.4 Å². The molecule has 0 spiro atoms. The number of benzene rings is 3. The van der Waals surface area contributed by atoms with Crippen molar-refractivity contribution in [1.82, 2.24) is 0 Å². The van der Waals surface area contributed by atoms with E-state index < -0.39 is 0 Å². The highest BCUT2D eigenvalue weighted by Gasteiger charge is 2.07. The van der Waals surface area contributed by atoms with Gasteiger partial charge in [0.05, 0.1) is 16.5 Å². The third kappa shape index (κ3) is 7.10. The van der Waals surface area contributed by atoms with Crippen LogP contribution in [-0.4, -0.2) is 22.6 Å². The highest BCUT2D eigenvalue weighted by molar-refractivity contribution is 8.00. The summed E-state index contributed by atoms with van der Waals surface area (Å²) in [6.07, 6.45) is 0. The number of nitrogens with one attached hydrogen (secondary N) is 3. The normalized spacial score (nSPS) is 10.3. The Morgan fingerprint density at radius 2 is 1.61 bits per heavy atom. The average Bonchev–Trinajstić information content (AvgIpc) is 2.74. The van der Waals surface area contributed by atoms with E-state index in [1.165, 1.54) is 18.7 Å². The zero-order valence-corrected chi connectivity index (χ0v) is 19.0. The molecule has 0 aliphatic heterocycles. The molecule has 0 aromatic heterocycles. The summed E-state index contributed by atoms with van der Waals surface area (Å²) >= 11 is 12.8. The van der Waals surface area contributed by atoms with Crippen molar-refractivity contribution in [2.45, 2.75) is 11.8 Å². The Morgan fingerprint density at radius 1 is 0.903 bits per heavy atom. The number of hydrogen-bond donors (Lipinski definition) is 3. The van der Waals surface area contributed by atoms with Crippen LogP contribution in [0.2, 0.25) is 5.02 Å². The summed E-state index contributed by atoms with van der Waals surface area (Å²) in [6, 6.07) is 21.8. The maximum absolute atomic E-state index is 12.2. The summed E-state index contributed by atoms with van der Waals surface area (Å²) in [5, 5.41) is 9.94. The predicted molar refractivity (Wildman–Crippen MR) is 134 cm³/mol. The zero-order valence-electron chi connectivity index (χ0n) is 16.6. The van der Waals surface area contributed by atoms with Crippen molar-refractivity contribution in [3.8, 4) is 0 Å². The molecule has 0 heterocycles. The minimum Gasteiger partial charge on any atom is -0.332 e. The number of thioether (sulfide) groups is 1. The number of para-hydroxylation sites is 1. The number of thiocarbonyl (C=S) groups is 1. The molecule has 0 bridgehead atoms. The molecule has 0 saturated carbocycles. The molecule has 3 N–H and O–H groups in total. The van der Waals surface area contributed by atoms with Gasteiger partial charge in [0.25, 0.3) is 0 Å². The number of anilines is 3. The molecule has 31 heavy (non-hydrogen) atoms. The minimum atomic E-state index is -0.136. The van der Waals surface area contributed by atoms with Crippen LogP contribution in [0.3, 0.4) is 0 Å². The molecule has 0 aliphatic carbocycles. The van der Waals surface area contributed by atoms with Crippen LogP contribution in [0, 0.1) is 0 Å². The van der Waals surface area contributed by atoms with E-state index in [1.807, 2.05) is 36.4 Å². The molecular weight excluding hydrogens is 450 g/mol. The standard InChI is InChI=1S/C23H20ClN3O2S2/c1-15(28)16-9-11-17(12-10-16)25-23(30)26-18-5-4-6-19(13-18)31-14-22(29)27-21-8-3-2-7-20(21)24/h2-13H,14H2,1H3,(H,27,29)(H2,25,26,30). The van der Waals surface area contributed by atoms with E-state index in [4.69, 9.17) is 23.8 Å². The predicted octanol–water partition coefficient (Wildman–Crippen LogP) is 6.08. The van der Waals surface area contributed by atoms with Crippen LogP contribution >= 0.6 is 35.6 Å². The molecule has 1 amide bonds. The number of Topliss-reactive ketones (excluding diaryl/α,β-unsaturated/α-hetero) is 1. The van der Waals surface area contributed by atoms with E-state index in [1.54, 1.807) is 36.4 Å². The number of rotatable bonds is 7. The van der Waals surface area contributed by atoms with Crippen molar-refractivity contribution >= 4 is 69.4 Å². The van der Waals surface area contributed by atoms with E-state index in [9.17, 15) is 9.59 Å². The molecule has 0 atom stereocenters. The van der Waals surface area contributed by atoms with E-state index in [2.05, 4.69) is 16.0 Å². The highest BCUT2D eigenvalue weighted by atomic mass is 35.5. The van der Waals surface area contributed by atoms with Crippen molar-refractivity contribution in [3.05, 3.63) is 83.4 Å². The van der Waals surface area contributed by atoms with Gasteiger partial charge in [-0.05, 0) is 73.7 Å². The second kappa shape index (κ2) is 10.9. The summed E-state index contributed by atoms with van der Waals surface area (Å²) in [7, 11) is 0. The fourth-order valence-corrected chi connectivity index (χ4v) is 3.82. The van der Waals surface area contributed by atoms with Gasteiger partial charge in [-0.3, -0.25) is 9.59 Å². The van der Waals surface area contributed by atoms with E-state index >= 15 is 0 Å². The Kier molecular flexibility index (Phi) is 8.06. The van der Waals surface area contributed by atoms with Gasteiger partial charge < -0.3 is 16.0 Å². The van der Waals surface area contributed by atoms with E-state index in [0.717, 1.165) is 16.3 Å². The SMILES string of the molecule is CC(=O)c1ccc(NC(=S)Nc2cccc(SCC(=O)Nc3ccccc3Cl)c2)cc1. The molecule has 0 radical (unpaired) electrons. The highest BCUT2D eigenvalue weighted by Crippen LogP contribution is 2.24. The van der Waals surface area contributed by atoms with Crippen molar-refractivity contribution in [2.75, 3.05) is 21.7 Å². The molecule has 0 saturated heterocycles. The quantitative estimate of drug-likeness (QED) is 0.221. The van der Waals surface area contributed by atoms with Gasteiger partial charge in [0.15, 0.2) is 10.9 Å². The first-order valence-electron chi connectivity index (χ1n) is 9.37. The fraction of sp³-hybridized carbons (Fsp3) is 0.0870. The number of halogens is 1. The Labute approximate surface area is 195 Å². The topological polar surface area (TPSA) is 70.2 Å². The average molecular weight is 470 g/mol. The Morgan fingerprint density at radius 3 is 2.32 bits per heavy atom. The lowest BCUT2D eigenvalue weighted by Gasteiger charge is -2.12. The molecule has 3 aromatic carbocycles. The minimum absolute atomic E-state index is 0.0158. The summed E-state index contributed by atoms with van der Waals surface area (Å²) in [5.74, 6) is 0.129. The first kappa shape index (κ1) is 22.8. The molecule has 3 rings (SSSR count). The van der Waals surface area contributed by atoms with Crippen LogP contribution < -0.4 is 16.0 Å². The third-order valence-corrected chi connectivity index (χ3v) is 5.69. The smallest absolute Gasteiger partial charge is 0.234 e. The van der Waals surface area contributed by atoms with Crippen LogP contribution in [0.4, 0.5) is 17.1 Å². The summed E-state index contributed by atoms with van der Waals surface area (Å²) in [6.45, 7) is 1.53. The lowest BCUT2D eigenvalue weighted by molar-refractivity contribution is -0.113. The molecule has 8 heteroatoms. The number of amides is 1. The molecule has 5 nitrogen and oxygen atoms in total. The van der Waals surface area contributed by atoms with Crippen molar-refractivity contribution < 1.29 is 9.59 Å². The maximum Gasteiger partial charge on any atom is 0.234 e. The van der Waals surface area contributed by atoms with Crippen LogP contribution in [0.5, 0.6) is 0 Å². The van der Waals surface area contributed by atoms with Gasteiger partial charge in [-0.25, -0.2) is 0 Å². The zero-order chi connectivity index (χ0) is 22.2. The van der Waals surface area contributed by atoms with Crippen molar-refractivity contribution in [2.24, 2.45) is 0 Å². The maximum atomic E-state index is 12.2. The Balaban J connectivity index is 1.52. The van der Waals surface area contributed by atoms with Gasteiger partial charge in [-0.2, -0.15) is 0 Å². The molecule has 0 aliphatic rings. The molecular formula is C23H20ClN3O2S2. The third-order valence-electron chi connectivity index (χ3n) is 4.16. The number of ketones is 1.